The third-order valence-corrected chi connectivity index (χ3v) is 5.79. The predicted molar refractivity (Wildman–Crippen MR) is 136 cm³/mol. The van der Waals surface area contributed by atoms with Gasteiger partial charge in [0.25, 0.3) is 5.91 Å². The lowest BCUT2D eigenvalue weighted by Gasteiger charge is -2.30. The number of amides is 2. The number of rotatable bonds is 10. The number of hydrogen-bond donors (Lipinski definition) is 1. The SMILES string of the molecule is CCN(C(=O)[C@@H](C)Oc1ccc2c(-c3ccccc3)cc(=O)oc2c1)[C@@H](C)C(=O)NCCN(C)C. The van der Waals surface area contributed by atoms with Gasteiger partial charge in [0.1, 0.15) is 17.4 Å². The number of benzene rings is 2. The Morgan fingerprint density at radius 2 is 1.77 bits per heavy atom. The number of likely N-dealkylation sites (N-methyl/N-ethyl adjacent to an activating group) is 2. The Morgan fingerprint density at radius 3 is 2.43 bits per heavy atom. The number of nitrogens with one attached hydrogen (secondary N) is 1. The Morgan fingerprint density at radius 1 is 1.06 bits per heavy atom. The molecule has 186 valence electrons. The van der Waals surface area contributed by atoms with Crippen molar-refractivity contribution in [3.8, 4) is 16.9 Å². The van der Waals surface area contributed by atoms with E-state index in [-0.39, 0.29) is 11.8 Å². The molecule has 3 aromatic rings. The van der Waals surface area contributed by atoms with Crippen LogP contribution in [0.1, 0.15) is 20.8 Å². The van der Waals surface area contributed by atoms with E-state index in [1.165, 1.54) is 11.0 Å². The molecule has 0 radical (unpaired) electrons. The van der Waals surface area contributed by atoms with Gasteiger partial charge in [0.2, 0.25) is 5.91 Å². The zero-order valence-electron chi connectivity index (χ0n) is 20.9. The molecule has 0 unspecified atom stereocenters. The molecule has 1 aromatic heterocycles. The van der Waals surface area contributed by atoms with Gasteiger partial charge >= 0.3 is 5.63 Å². The summed E-state index contributed by atoms with van der Waals surface area (Å²) in [5, 5.41) is 3.62. The fourth-order valence-electron chi connectivity index (χ4n) is 3.87. The second kappa shape index (κ2) is 11.7. The molecular formula is C27H33N3O5. The lowest BCUT2D eigenvalue weighted by molar-refractivity contribution is -0.144. The Hall–Kier alpha value is -3.65. The largest absolute Gasteiger partial charge is 0.481 e. The van der Waals surface area contributed by atoms with Crippen LogP contribution in [-0.4, -0.2) is 67.5 Å². The molecule has 3 rings (SSSR count). The van der Waals surface area contributed by atoms with Crippen molar-refractivity contribution < 1.29 is 18.7 Å². The summed E-state index contributed by atoms with van der Waals surface area (Å²) in [6, 6.07) is 15.6. The molecule has 0 aliphatic carbocycles. The summed E-state index contributed by atoms with van der Waals surface area (Å²) in [5.74, 6) is -0.122. The molecule has 8 heteroatoms. The lowest BCUT2D eigenvalue weighted by Crippen LogP contribution is -2.52. The van der Waals surface area contributed by atoms with Gasteiger partial charge in [-0.05, 0) is 58.1 Å². The van der Waals surface area contributed by atoms with E-state index in [0.29, 0.717) is 31.0 Å². The quantitative estimate of drug-likeness (QED) is 0.449. The number of ether oxygens (including phenoxy) is 1. The van der Waals surface area contributed by atoms with Gasteiger partial charge in [-0.15, -0.1) is 0 Å². The highest BCUT2D eigenvalue weighted by Gasteiger charge is 2.29. The van der Waals surface area contributed by atoms with Crippen LogP contribution in [0.2, 0.25) is 0 Å². The molecule has 0 fully saturated rings. The van der Waals surface area contributed by atoms with Crippen molar-refractivity contribution in [3.63, 3.8) is 0 Å². The van der Waals surface area contributed by atoms with Crippen LogP contribution in [0, 0.1) is 0 Å². The Bertz CT molecular complexity index is 1220. The standard InChI is InChI=1S/C27H33N3O5/c1-6-30(18(2)26(32)28-14-15-29(4)5)27(33)19(3)34-21-12-13-22-23(20-10-8-7-9-11-20)17-25(31)35-24(22)16-21/h7-13,16-19H,6,14-15H2,1-5H3,(H,28,32)/t18-,19+/m0/s1. The van der Waals surface area contributed by atoms with Crippen molar-refractivity contribution in [1.82, 2.24) is 15.1 Å². The van der Waals surface area contributed by atoms with E-state index in [0.717, 1.165) is 16.5 Å². The molecule has 0 spiro atoms. The molecule has 2 atom stereocenters. The van der Waals surface area contributed by atoms with E-state index in [1.807, 2.05) is 62.3 Å². The highest BCUT2D eigenvalue weighted by Crippen LogP contribution is 2.30. The summed E-state index contributed by atoms with van der Waals surface area (Å²) in [4.78, 5) is 41.3. The molecule has 2 amide bonds. The first-order chi connectivity index (χ1) is 16.7. The van der Waals surface area contributed by atoms with Gasteiger partial charge in [-0.1, -0.05) is 30.3 Å². The molecule has 1 heterocycles. The topological polar surface area (TPSA) is 92.1 Å². The molecular weight excluding hydrogens is 446 g/mol. The average molecular weight is 480 g/mol. The Balaban J connectivity index is 1.76. The summed E-state index contributed by atoms with van der Waals surface area (Å²) < 4.78 is 11.3. The molecule has 1 N–H and O–H groups in total. The monoisotopic (exact) mass is 479 g/mol. The van der Waals surface area contributed by atoms with E-state index in [4.69, 9.17) is 9.15 Å². The first kappa shape index (κ1) is 26.0. The van der Waals surface area contributed by atoms with Crippen LogP contribution >= 0.6 is 0 Å². The zero-order chi connectivity index (χ0) is 25.5. The van der Waals surface area contributed by atoms with Crippen molar-refractivity contribution in [2.75, 3.05) is 33.7 Å². The minimum absolute atomic E-state index is 0.213. The molecule has 0 saturated carbocycles. The summed E-state index contributed by atoms with van der Waals surface area (Å²) >= 11 is 0. The van der Waals surface area contributed by atoms with Gasteiger partial charge in [-0.3, -0.25) is 9.59 Å². The maximum atomic E-state index is 13.1. The number of hydrogen-bond acceptors (Lipinski definition) is 6. The highest BCUT2D eigenvalue weighted by molar-refractivity contribution is 5.94. The van der Waals surface area contributed by atoms with Crippen LogP contribution in [0.5, 0.6) is 5.75 Å². The Labute approximate surface area is 205 Å². The van der Waals surface area contributed by atoms with Crippen molar-refractivity contribution in [1.29, 1.82) is 0 Å². The zero-order valence-corrected chi connectivity index (χ0v) is 20.9. The van der Waals surface area contributed by atoms with Crippen LogP contribution in [0.4, 0.5) is 0 Å². The molecule has 2 aromatic carbocycles. The maximum Gasteiger partial charge on any atom is 0.336 e. The summed E-state index contributed by atoms with van der Waals surface area (Å²) in [5.41, 5.74) is 1.57. The van der Waals surface area contributed by atoms with Crippen LogP contribution in [0.25, 0.3) is 22.1 Å². The van der Waals surface area contributed by atoms with Crippen LogP contribution in [0.15, 0.2) is 63.8 Å². The normalized spacial score (nSPS) is 12.9. The minimum atomic E-state index is -0.839. The number of carbonyl (C=O) groups is 2. The summed E-state index contributed by atoms with van der Waals surface area (Å²) in [7, 11) is 3.85. The molecule has 0 aliphatic rings. The molecule has 0 saturated heterocycles. The van der Waals surface area contributed by atoms with Gasteiger partial charge in [0.05, 0.1) is 0 Å². The smallest absolute Gasteiger partial charge is 0.336 e. The highest BCUT2D eigenvalue weighted by atomic mass is 16.5. The Kier molecular flexibility index (Phi) is 8.65. The average Bonchev–Trinajstić information content (AvgIpc) is 2.83. The second-order valence-corrected chi connectivity index (χ2v) is 8.66. The van der Waals surface area contributed by atoms with Crippen molar-refractivity contribution in [2.24, 2.45) is 0 Å². The van der Waals surface area contributed by atoms with Gasteiger partial charge < -0.3 is 24.3 Å². The lowest BCUT2D eigenvalue weighted by atomic mass is 10.0. The fourth-order valence-corrected chi connectivity index (χ4v) is 3.87. The van der Waals surface area contributed by atoms with E-state index < -0.39 is 17.8 Å². The van der Waals surface area contributed by atoms with Gasteiger partial charge in [0, 0.05) is 37.2 Å². The molecule has 35 heavy (non-hydrogen) atoms. The summed E-state index contributed by atoms with van der Waals surface area (Å²) in [6.07, 6.45) is -0.839. The third-order valence-electron chi connectivity index (χ3n) is 5.79. The molecule has 0 aliphatic heterocycles. The number of carbonyl (C=O) groups excluding carboxylic acids is 2. The summed E-state index contributed by atoms with van der Waals surface area (Å²) in [6.45, 7) is 6.74. The predicted octanol–water partition coefficient (Wildman–Crippen LogP) is 3.14. The van der Waals surface area contributed by atoms with Crippen LogP contribution in [0.3, 0.4) is 0 Å². The van der Waals surface area contributed by atoms with E-state index in [1.54, 1.807) is 26.0 Å². The first-order valence-corrected chi connectivity index (χ1v) is 11.7. The molecule has 8 nitrogen and oxygen atoms in total. The van der Waals surface area contributed by atoms with Crippen LogP contribution < -0.4 is 15.7 Å². The van der Waals surface area contributed by atoms with Crippen LogP contribution in [-0.2, 0) is 9.59 Å². The number of fused-ring (bicyclic) bond motifs is 1. The van der Waals surface area contributed by atoms with E-state index >= 15 is 0 Å². The minimum Gasteiger partial charge on any atom is -0.481 e. The second-order valence-electron chi connectivity index (χ2n) is 8.66. The first-order valence-electron chi connectivity index (χ1n) is 11.7. The molecule has 0 bridgehead atoms. The van der Waals surface area contributed by atoms with Crippen molar-refractivity contribution in [3.05, 3.63) is 65.0 Å². The van der Waals surface area contributed by atoms with Gasteiger partial charge in [0.15, 0.2) is 6.10 Å². The third kappa shape index (κ3) is 6.48. The van der Waals surface area contributed by atoms with Crippen molar-refractivity contribution in [2.45, 2.75) is 32.9 Å². The van der Waals surface area contributed by atoms with Crippen molar-refractivity contribution >= 4 is 22.8 Å². The van der Waals surface area contributed by atoms with Gasteiger partial charge in [-0.2, -0.15) is 0 Å². The fraction of sp³-hybridized carbons (Fsp3) is 0.370. The van der Waals surface area contributed by atoms with E-state index in [9.17, 15) is 14.4 Å². The number of nitrogens with zero attached hydrogens (tertiary/aromatic N) is 2. The maximum absolute atomic E-state index is 13.1. The van der Waals surface area contributed by atoms with Gasteiger partial charge in [-0.25, -0.2) is 4.79 Å². The van der Waals surface area contributed by atoms with E-state index in [2.05, 4.69) is 5.32 Å².